The summed E-state index contributed by atoms with van der Waals surface area (Å²) in [6.07, 6.45) is 1.60. The zero-order chi connectivity index (χ0) is 11.4. The number of nitrogens with one attached hydrogen (secondary N) is 1. The Bertz CT molecular complexity index is 438. The first-order chi connectivity index (χ1) is 7.79. The summed E-state index contributed by atoms with van der Waals surface area (Å²) in [5.41, 5.74) is 1.34. The van der Waals surface area contributed by atoms with Gasteiger partial charge in [0.15, 0.2) is 0 Å². The Kier molecular flexibility index (Phi) is 3.13. The molecule has 0 aliphatic carbocycles. The summed E-state index contributed by atoms with van der Waals surface area (Å²) in [7, 11) is 0. The van der Waals surface area contributed by atoms with Gasteiger partial charge in [0.25, 0.3) is 0 Å². The van der Waals surface area contributed by atoms with Gasteiger partial charge in [0.2, 0.25) is 5.91 Å². The van der Waals surface area contributed by atoms with Crippen LogP contribution in [-0.2, 0) is 11.3 Å². The van der Waals surface area contributed by atoms with Crippen molar-refractivity contribution in [3.63, 3.8) is 0 Å². The van der Waals surface area contributed by atoms with Gasteiger partial charge in [0, 0.05) is 25.8 Å². The van der Waals surface area contributed by atoms with Crippen molar-refractivity contribution in [3.8, 4) is 6.07 Å². The van der Waals surface area contributed by atoms with Crippen LogP contribution in [-0.4, -0.2) is 35.4 Å². The van der Waals surface area contributed by atoms with E-state index in [-0.39, 0.29) is 5.91 Å². The summed E-state index contributed by atoms with van der Waals surface area (Å²) in [5, 5.41) is 11.7. The van der Waals surface area contributed by atoms with Gasteiger partial charge in [0.05, 0.1) is 6.54 Å². The van der Waals surface area contributed by atoms with Crippen molar-refractivity contribution in [2.24, 2.45) is 0 Å². The van der Waals surface area contributed by atoms with Crippen LogP contribution < -0.4 is 5.32 Å². The van der Waals surface area contributed by atoms with Crippen molar-refractivity contribution in [1.29, 1.82) is 5.26 Å². The highest BCUT2D eigenvalue weighted by atomic mass is 16.2. The molecule has 1 fully saturated rings. The Morgan fingerprint density at radius 3 is 3.25 bits per heavy atom. The Morgan fingerprint density at radius 1 is 1.62 bits per heavy atom. The number of hydrogen-bond acceptors (Lipinski definition) is 4. The molecule has 1 aromatic heterocycles. The van der Waals surface area contributed by atoms with E-state index >= 15 is 0 Å². The van der Waals surface area contributed by atoms with Crippen molar-refractivity contribution in [1.82, 2.24) is 15.2 Å². The van der Waals surface area contributed by atoms with E-state index in [9.17, 15) is 4.79 Å². The molecule has 1 aliphatic rings. The maximum absolute atomic E-state index is 11.5. The number of aromatic nitrogens is 1. The maximum Gasteiger partial charge on any atom is 0.236 e. The first kappa shape index (κ1) is 10.6. The van der Waals surface area contributed by atoms with E-state index in [1.165, 1.54) is 0 Å². The molecule has 1 aliphatic heterocycles. The number of nitrogens with zero attached hydrogens (tertiary/aromatic N) is 3. The molecule has 0 atom stereocenters. The number of rotatable bonds is 2. The van der Waals surface area contributed by atoms with Crippen LogP contribution >= 0.6 is 0 Å². The smallest absolute Gasteiger partial charge is 0.236 e. The van der Waals surface area contributed by atoms with Crippen molar-refractivity contribution in [2.45, 2.75) is 6.54 Å². The van der Waals surface area contributed by atoms with Gasteiger partial charge in [-0.2, -0.15) is 5.26 Å². The van der Waals surface area contributed by atoms with Gasteiger partial charge in [-0.15, -0.1) is 0 Å². The van der Waals surface area contributed by atoms with Crippen LogP contribution in [0.1, 0.15) is 11.3 Å². The molecule has 0 unspecified atom stereocenters. The number of amides is 1. The van der Waals surface area contributed by atoms with E-state index in [0.717, 1.165) is 12.1 Å². The summed E-state index contributed by atoms with van der Waals surface area (Å²) in [6.45, 7) is 2.48. The van der Waals surface area contributed by atoms with Gasteiger partial charge >= 0.3 is 0 Å². The van der Waals surface area contributed by atoms with E-state index < -0.39 is 0 Å². The molecule has 5 heteroatoms. The summed E-state index contributed by atoms with van der Waals surface area (Å²) in [6, 6.07) is 5.54. The molecule has 1 amide bonds. The third-order valence-corrected chi connectivity index (χ3v) is 2.50. The van der Waals surface area contributed by atoms with Gasteiger partial charge in [-0.3, -0.25) is 4.79 Å². The minimum atomic E-state index is 0.0987. The molecule has 1 aromatic rings. The van der Waals surface area contributed by atoms with Crippen LogP contribution in [0.2, 0.25) is 0 Å². The third-order valence-electron chi connectivity index (χ3n) is 2.50. The van der Waals surface area contributed by atoms with Crippen LogP contribution in [0.25, 0.3) is 0 Å². The number of piperazine rings is 1. The van der Waals surface area contributed by atoms with Crippen LogP contribution in [0.5, 0.6) is 0 Å². The molecule has 0 aromatic carbocycles. The monoisotopic (exact) mass is 216 g/mol. The standard InChI is InChI=1S/C11H12N4O/c12-6-10-5-9(1-2-14-10)8-15-4-3-13-7-11(15)16/h1-2,5,13H,3-4,7-8H2. The highest BCUT2D eigenvalue weighted by Crippen LogP contribution is 2.07. The number of nitriles is 1. The highest BCUT2D eigenvalue weighted by molar-refractivity contribution is 5.78. The van der Waals surface area contributed by atoms with Crippen molar-refractivity contribution in [3.05, 3.63) is 29.6 Å². The predicted octanol–water partition coefficient (Wildman–Crippen LogP) is -0.115. The Balaban J connectivity index is 2.08. The van der Waals surface area contributed by atoms with E-state index in [0.29, 0.717) is 25.3 Å². The molecule has 1 N–H and O–H groups in total. The second-order valence-electron chi connectivity index (χ2n) is 3.65. The quantitative estimate of drug-likeness (QED) is 0.748. The van der Waals surface area contributed by atoms with E-state index in [1.807, 2.05) is 12.1 Å². The first-order valence-electron chi connectivity index (χ1n) is 5.13. The lowest BCUT2D eigenvalue weighted by atomic mass is 10.2. The molecule has 0 saturated carbocycles. The van der Waals surface area contributed by atoms with E-state index in [2.05, 4.69) is 10.3 Å². The van der Waals surface area contributed by atoms with Crippen LogP contribution in [0.3, 0.4) is 0 Å². The maximum atomic E-state index is 11.5. The second kappa shape index (κ2) is 4.73. The van der Waals surface area contributed by atoms with Gasteiger partial charge < -0.3 is 10.2 Å². The molecular weight excluding hydrogens is 204 g/mol. The number of hydrogen-bond donors (Lipinski definition) is 1. The number of carbonyl (C=O) groups is 1. The minimum absolute atomic E-state index is 0.0987. The zero-order valence-electron chi connectivity index (χ0n) is 8.81. The topological polar surface area (TPSA) is 69.0 Å². The lowest BCUT2D eigenvalue weighted by Gasteiger charge is -2.27. The summed E-state index contributed by atoms with van der Waals surface area (Å²) >= 11 is 0. The van der Waals surface area contributed by atoms with E-state index in [4.69, 9.17) is 5.26 Å². The average molecular weight is 216 g/mol. The molecule has 16 heavy (non-hydrogen) atoms. The molecule has 0 bridgehead atoms. The van der Waals surface area contributed by atoms with Crippen molar-refractivity contribution in [2.75, 3.05) is 19.6 Å². The van der Waals surface area contributed by atoms with Gasteiger partial charge in [-0.25, -0.2) is 4.98 Å². The summed E-state index contributed by atoms with van der Waals surface area (Å²) in [4.78, 5) is 17.2. The second-order valence-corrected chi connectivity index (χ2v) is 3.65. The van der Waals surface area contributed by atoms with Gasteiger partial charge in [-0.1, -0.05) is 0 Å². The fraction of sp³-hybridized carbons (Fsp3) is 0.364. The first-order valence-corrected chi connectivity index (χ1v) is 5.13. The Hall–Kier alpha value is -1.93. The average Bonchev–Trinajstić information content (AvgIpc) is 2.32. The Morgan fingerprint density at radius 2 is 2.50 bits per heavy atom. The molecule has 82 valence electrons. The fourth-order valence-electron chi connectivity index (χ4n) is 1.67. The molecule has 5 nitrogen and oxygen atoms in total. The van der Waals surface area contributed by atoms with Crippen molar-refractivity contribution >= 4 is 5.91 Å². The number of carbonyl (C=O) groups excluding carboxylic acids is 1. The van der Waals surface area contributed by atoms with Gasteiger partial charge in [0.1, 0.15) is 11.8 Å². The lowest BCUT2D eigenvalue weighted by Crippen LogP contribution is -2.47. The minimum Gasteiger partial charge on any atom is -0.336 e. The molecule has 0 spiro atoms. The summed E-state index contributed by atoms with van der Waals surface area (Å²) in [5.74, 6) is 0.0987. The molecule has 1 saturated heterocycles. The van der Waals surface area contributed by atoms with Crippen LogP contribution in [0, 0.1) is 11.3 Å². The van der Waals surface area contributed by atoms with Crippen LogP contribution in [0.15, 0.2) is 18.3 Å². The number of pyridine rings is 1. The molecule has 2 rings (SSSR count). The SMILES string of the molecule is N#Cc1cc(CN2CCNCC2=O)ccn1. The largest absolute Gasteiger partial charge is 0.336 e. The fourth-order valence-corrected chi connectivity index (χ4v) is 1.67. The molecule has 2 heterocycles. The third kappa shape index (κ3) is 2.35. The van der Waals surface area contributed by atoms with Crippen molar-refractivity contribution < 1.29 is 4.79 Å². The lowest BCUT2D eigenvalue weighted by molar-refractivity contribution is -0.132. The van der Waals surface area contributed by atoms with Crippen LogP contribution in [0.4, 0.5) is 0 Å². The zero-order valence-corrected chi connectivity index (χ0v) is 8.81. The predicted molar refractivity (Wildman–Crippen MR) is 57.2 cm³/mol. The Labute approximate surface area is 93.7 Å². The summed E-state index contributed by atoms with van der Waals surface area (Å²) < 4.78 is 0. The molecular formula is C11H12N4O. The normalized spacial score (nSPS) is 15.9. The highest BCUT2D eigenvalue weighted by Gasteiger charge is 2.17. The molecule has 0 radical (unpaired) electrons. The van der Waals surface area contributed by atoms with E-state index in [1.54, 1.807) is 17.2 Å². The van der Waals surface area contributed by atoms with Gasteiger partial charge in [-0.05, 0) is 17.7 Å².